The molecular formula is C15H19BrN2O4. The second kappa shape index (κ2) is 8.53. The van der Waals surface area contributed by atoms with Crippen LogP contribution in [0.1, 0.15) is 30.6 Å². The second-order valence-electron chi connectivity index (χ2n) is 4.83. The lowest BCUT2D eigenvalue weighted by Crippen LogP contribution is -2.46. The molecule has 0 bridgehead atoms. The minimum atomic E-state index is -0.939. The van der Waals surface area contributed by atoms with E-state index in [-0.39, 0.29) is 13.0 Å². The maximum absolute atomic E-state index is 12.1. The van der Waals surface area contributed by atoms with Crippen molar-refractivity contribution in [2.75, 3.05) is 6.61 Å². The van der Waals surface area contributed by atoms with E-state index in [1.54, 1.807) is 38.1 Å². The van der Waals surface area contributed by atoms with Gasteiger partial charge in [-0.3, -0.25) is 14.4 Å². The number of hydrogen-bond acceptors (Lipinski definition) is 4. The van der Waals surface area contributed by atoms with E-state index in [1.165, 1.54) is 0 Å². The smallest absolute Gasteiger partial charge is 0.308 e. The normalized spacial score (nSPS) is 13.0. The maximum atomic E-state index is 12.1. The molecule has 0 aromatic heterocycles. The predicted molar refractivity (Wildman–Crippen MR) is 85.0 cm³/mol. The molecule has 2 amide bonds. The fraction of sp³-hybridized carbons (Fsp3) is 0.400. The summed E-state index contributed by atoms with van der Waals surface area (Å²) in [7, 11) is 0. The van der Waals surface area contributed by atoms with E-state index >= 15 is 0 Å². The van der Waals surface area contributed by atoms with Gasteiger partial charge in [0.15, 0.2) is 0 Å². The number of carbonyl (C=O) groups is 3. The Hall–Kier alpha value is -1.89. The maximum Gasteiger partial charge on any atom is 0.308 e. The van der Waals surface area contributed by atoms with Gasteiger partial charge in [0.25, 0.3) is 5.91 Å². The Morgan fingerprint density at radius 3 is 2.59 bits per heavy atom. The zero-order chi connectivity index (χ0) is 16.7. The van der Waals surface area contributed by atoms with E-state index in [9.17, 15) is 14.4 Å². The summed E-state index contributed by atoms with van der Waals surface area (Å²) < 4.78 is 5.63. The van der Waals surface area contributed by atoms with Crippen molar-refractivity contribution in [3.63, 3.8) is 0 Å². The standard InChI is InChI=1S/C15H19BrN2O4/c1-3-22-15(21)9(2)7-12(13(17)19)18-14(20)10-5-4-6-11(16)8-10/h4-6,8-9,12H,3,7H2,1-2H3,(H2,17,19)(H,18,20)/t9-,12-/m1/s1. The molecule has 3 N–H and O–H groups in total. The first-order chi connectivity index (χ1) is 10.3. The van der Waals surface area contributed by atoms with Crippen molar-refractivity contribution in [3.05, 3.63) is 34.3 Å². The molecule has 0 saturated heterocycles. The van der Waals surface area contributed by atoms with Crippen molar-refractivity contribution < 1.29 is 19.1 Å². The summed E-state index contributed by atoms with van der Waals surface area (Å²) in [5.74, 6) is -2.09. The Labute approximate surface area is 137 Å². The summed E-state index contributed by atoms with van der Waals surface area (Å²) in [6.07, 6.45) is 0.0912. The molecule has 2 atom stereocenters. The highest BCUT2D eigenvalue weighted by Gasteiger charge is 2.25. The van der Waals surface area contributed by atoms with Gasteiger partial charge in [-0.2, -0.15) is 0 Å². The molecule has 0 aliphatic rings. The quantitative estimate of drug-likeness (QED) is 0.712. The summed E-state index contributed by atoms with van der Waals surface area (Å²) in [6, 6.07) is 5.80. The van der Waals surface area contributed by atoms with Gasteiger partial charge in [-0.1, -0.05) is 28.9 Å². The van der Waals surface area contributed by atoms with Crippen LogP contribution >= 0.6 is 15.9 Å². The molecule has 0 aliphatic carbocycles. The number of esters is 1. The van der Waals surface area contributed by atoms with Crippen molar-refractivity contribution >= 4 is 33.7 Å². The average Bonchev–Trinajstić information content (AvgIpc) is 2.46. The van der Waals surface area contributed by atoms with Gasteiger partial charge in [0.05, 0.1) is 12.5 Å². The first-order valence-corrected chi connectivity index (χ1v) is 7.66. The number of hydrogen-bond donors (Lipinski definition) is 2. The van der Waals surface area contributed by atoms with Crippen molar-refractivity contribution in [2.24, 2.45) is 11.7 Å². The number of primary amides is 1. The van der Waals surface area contributed by atoms with E-state index in [0.717, 1.165) is 4.47 Å². The molecular weight excluding hydrogens is 352 g/mol. The third kappa shape index (κ3) is 5.48. The lowest BCUT2D eigenvalue weighted by Gasteiger charge is -2.19. The van der Waals surface area contributed by atoms with Gasteiger partial charge in [0, 0.05) is 10.0 Å². The number of ether oxygens (including phenoxy) is 1. The molecule has 120 valence electrons. The molecule has 0 radical (unpaired) electrons. The van der Waals surface area contributed by atoms with Gasteiger partial charge in [-0.05, 0) is 31.5 Å². The Morgan fingerprint density at radius 2 is 2.05 bits per heavy atom. The number of rotatable bonds is 7. The molecule has 0 spiro atoms. The van der Waals surface area contributed by atoms with Crippen LogP contribution in [0.2, 0.25) is 0 Å². The minimum Gasteiger partial charge on any atom is -0.466 e. The molecule has 0 aliphatic heterocycles. The van der Waals surface area contributed by atoms with Crippen LogP contribution < -0.4 is 11.1 Å². The number of nitrogens with one attached hydrogen (secondary N) is 1. The van der Waals surface area contributed by atoms with Gasteiger partial charge in [-0.15, -0.1) is 0 Å². The number of carbonyl (C=O) groups excluding carboxylic acids is 3. The topological polar surface area (TPSA) is 98.5 Å². The summed E-state index contributed by atoms with van der Waals surface area (Å²) in [5, 5.41) is 2.55. The molecule has 7 heteroatoms. The largest absolute Gasteiger partial charge is 0.466 e. The molecule has 1 rings (SSSR count). The van der Waals surface area contributed by atoms with Gasteiger partial charge in [0.1, 0.15) is 6.04 Å². The zero-order valence-electron chi connectivity index (χ0n) is 12.5. The lowest BCUT2D eigenvalue weighted by molar-refractivity contribution is -0.147. The monoisotopic (exact) mass is 370 g/mol. The van der Waals surface area contributed by atoms with Gasteiger partial charge >= 0.3 is 5.97 Å². The average molecular weight is 371 g/mol. The van der Waals surface area contributed by atoms with Crippen molar-refractivity contribution in [3.8, 4) is 0 Å². The molecule has 1 aromatic rings. The highest BCUT2D eigenvalue weighted by atomic mass is 79.9. The van der Waals surface area contributed by atoms with Crippen LogP contribution in [0.3, 0.4) is 0 Å². The van der Waals surface area contributed by atoms with Crippen LogP contribution in [0.15, 0.2) is 28.7 Å². The summed E-state index contributed by atoms with van der Waals surface area (Å²) in [4.78, 5) is 35.2. The number of nitrogens with two attached hydrogens (primary N) is 1. The zero-order valence-corrected chi connectivity index (χ0v) is 14.1. The first kappa shape index (κ1) is 18.2. The van der Waals surface area contributed by atoms with Gasteiger partial charge in [-0.25, -0.2) is 0 Å². The first-order valence-electron chi connectivity index (χ1n) is 6.87. The molecule has 0 saturated carbocycles. The fourth-order valence-electron chi connectivity index (χ4n) is 1.85. The Bertz CT molecular complexity index is 562. The SMILES string of the molecule is CCOC(=O)[C@H](C)C[C@@H](NC(=O)c1cccc(Br)c1)C(N)=O. The highest BCUT2D eigenvalue weighted by molar-refractivity contribution is 9.10. The number of halogens is 1. The number of benzene rings is 1. The third-order valence-electron chi connectivity index (χ3n) is 3.01. The molecule has 6 nitrogen and oxygen atoms in total. The summed E-state index contributed by atoms with van der Waals surface area (Å²) in [6.45, 7) is 3.58. The summed E-state index contributed by atoms with van der Waals surface area (Å²) >= 11 is 3.27. The molecule has 1 aromatic carbocycles. The van der Waals surface area contributed by atoms with Gasteiger partial charge < -0.3 is 15.8 Å². The van der Waals surface area contributed by atoms with E-state index in [0.29, 0.717) is 5.56 Å². The van der Waals surface area contributed by atoms with Crippen LogP contribution in [-0.4, -0.2) is 30.4 Å². The second-order valence-corrected chi connectivity index (χ2v) is 5.74. The van der Waals surface area contributed by atoms with Crippen molar-refractivity contribution in [1.82, 2.24) is 5.32 Å². The highest BCUT2D eigenvalue weighted by Crippen LogP contribution is 2.13. The van der Waals surface area contributed by atoms with Crippen LogP contribution in [0, 0.1) is 5.92 Å². The van der Waals surface area contributed by atoms with Crippen LogP contribution in [-0.2, 0) is 14.3 Å². The fourth-order valence-corrected chi connectivity index (χ4v) is 2.25. The van der Waals surface area contributed by atoms with Crippen LogP contribution in [0.25, 0.3) is 0 Å². The Balaban J connectivity index is 2.74. The van der Waals surface area contributed by atoms with E-state index < -0.39 is 29.7 Å². The molecule has 0 unspecified atom stereocenters. The lowest BCUT2D eigenvalue weighted by atomic mass is 10.0. The molecule has 0 heterocycles. The third-order valence-corrected chi connectivity index (χ3v) is 3.51. The van der Waals surface area contributed by atoms with Crippen molar-refractivity contribution in [1.29, 1.82) is 0 Å². The van der Waals surface area contributed by atoms with E-state index in [2.05, 4.69) is 21.2 Å². The van der Waals surface area contributed by atoms with Crippen molar-refractivity contribution in [2.45, 2.75) is 26.3 Å². The molecule has 0 fully saturated rings. The van der Waals surface area contributed by atoms with Crippen LogP contribution in [0.4, 0.5) is 0 Å². The van der Waals surface area contributed by atoms with E-state index in [1.807, 2.05) is 0 Å². The minimum absolute atomic E-state index is 0.0912. The Morgan fingerprint density at radius 1 is 1.36 bits per heavy atom. The van der Waals surface area contributed by atoms with E-state index in [4.69, 9.17) is 10.5 Å². The van der Waals surface area contributed by atoms with Gasteiger partial charge in [0.2, 0.25) is 5.91 Å². The summed E-state index contributed by atoms with van der Waals surface area (Å²) in [5.41, 5.74) is 5.69. The predicted octanol–water partition coefficient (Wildman–Crippen LogP) is 1.62. The van der Waals surface area contributed by atoms with Crippen LogP contribution in [0.5, 0.6) is 0 Å². The number of amides is 2. The Kier molecular flexibility index (Phi) is 7.04. The molecule has 22 heavy (non-hydrogen) atoms.